The lowest BCUT2D eigenvalue weighted by atomic mass is 10.3. The lowest BCUT2D eigenvalue weighted by Crippen LogP contribution is -2.01. The third kappa shape index (κ3) is 2.30. The molecule has 0 spiro atoms. The summed E-state index contributed by atoms with van der Waals surface area (Å²) in [4.78, 5) is 0. The summed E-state index contributed by atoms with van der Waals surface area (Å²) in [6.45, 7) is -2.92. The van der Waals surface area contributed by atoms with Crippen LogP contribution in [0.25, 0.3) is 0 Å². The van der Waals surface area contributed by atoms with Gasteiger partial charge < -0.3 is 4.74 Å². The van der Waals surface area contributed by atoms with Crippen LogP contribution in [0, 0.1) is 5.82 Å². The molecule has 1 rings (SSSR count). The second kappa shape index (κ2) is 3.67. The highest BCUT2D eigenvalue weighted by atomic mass is 35.5. The quantitative estimate of drug-likeness (QED) is 0.706. The molecule has 1 aromatic carbocycles. The fourth-order valence-electron chi connectivity index (χ4n) is 0.653. The van der Waals surface area contributed by atoms with E-state index < -0.39 is 12.4 Å². The highest BCUT2D eigenvalue weighted by Crippen LogP contribution is 2.22. The van der Waals surface area contributed by atoms with Crippen molar-refractivity contribution in [1.29, 1.82) is 0 Å². The third-order valence-corrected chi connectivity index (χ3v) is 1.41. The van der Waals surface area contributed by atoms with Gasteiger partial charge >= 0.3 is 6.61 Å². The smallest absolute Gasteiger partial charge is 0.387 e. The number of hydrogen-bond acceptors (Lipinski definition) is 1. The van der Waals surface area contributed by atoms with Gasteiger partial charge in [0.05, 0.1) is 5.02 Å². The van der Waals surface area contributed by atoms with E-state index in [0.717, 1.165) is 18.2 Å². The molecule has 0 N–H and O–H groups in total. The predicted octanol–water partition coefficient (Wildman–Crippen LogP) is 3.08. The minimum absolute atomic E-state index is 0.156. The maximum absolute atomic E-state index is 12.5. The van der Waals surface area contributed by atoms with E-state index in [1.54, 1.807) is 0 Å². The van der Waals surface area contributed by atoms with Gasteiger partial charge in [0.15, 0.2) is 0 Å². The number of alkyl halides is 2. The Bertz CT molecular complexity index is 277. The van der Waals surface area contributed by atoms with Crippen molar-refractivity contribution >= 4 is 11.6 Å². The molecule has 1 nitrogen and oxygen atoms in total. The first-order chi connectivity index (χ1) is 5.59. The zero-order valence-electron chi connectivity index (χ0n) is 5.73. The van der Waals surface area contributed by atoms with Crippen LogP contribution in [0.1, 0.15) is 0 Å². The lowest BCUT2D eigenvalue weighted by Gasteiger charge is -2.03. The Labute approximate surface area is 71.7 Å². The van der Waals surface area contributed by atoms with Crippen LogP contribution < -0.4 is 4.74 Å². The van der Waals surface area contributed by atoms with E-state index in [4.69, 9.17) is 11.6 Å². The molecule has 0 fully saturated rings. The molecule has 0 atom stereocenters. The molecule has 0 aromatic heterocycles. The summed E-state index contributed by atoms with van der Waals surface area (Å²) in [7, 11) is 0. The van der Waals surface area contributed by atoms with E-state index in [-0.39, 0.29) is 10.8 Å². The van der Waals surface area contributed by atoms with Gasteiger partial charge in [0.25, 0.3) is 0 Å². The second-order valence-corrected chi connectivity index (χ2v) is 2.36. The summed E-state index contributed by atoms with van der Waals surface area (Å²) < 4.78 is 39.6. The molecule has 0 aliphatic rings. The Kier molecular flexibility index (Phi) is 2.81. The van der Waals surface area contributed by atoms with Gasteiger partial charge in [-0.15, -0.1) is 0 Å². The van der Waals surface area contributed by atoms with Gasteiger partial charge in [-0.2, -0.15) is 8.78 Å². The highest BCUT2D eigenvalue weighted by Gasteiger charge is 2.06. The average molecular weight is 197 g/mol. The maximum atomic E-state index is 12.5. The highest BCUT2D eigenvalue weighted by molar-refractivity contribution is 6.30. The Morgan fingerprint density at radius 1 is 1.33 bits per heavy atom. The SMILES string of the molecule is Fc1ccc(OC(F)F)cc1Cl. The van der Waals surface area contributed by atoms with Gasteiger partial charge in [0.2, 0.25) is 0 Å². The van der Waals surface area contributed by atoms with Crippen molar-refractivity contribution in [2.45, 2.75) is 6.61 Å². The molecule has 1 aromatic rings. The standard InChI is InChI=1S/C7H4ClF3O/c8-5-3-4(12-7(10)11)1-2-6(5)9/h1-3,7H. The number of ether oxygens (including phenoxy) is 1. The number of benzene rings is 1. The maximum Gasteiger partial charge on any atom is 0.387 e. The fourth-order valence-corrected chi connectivity index (χ4v) is 0.824. The molecule has 66 valence electrons. The van der Waals surface area contributed by atoms with Crippen LogP contribution in [-0.4, -0.2) is 6.61 Å². The van der Waals surface area contributed by atoms with Crippen LogP contribution in [0.3, 0.4) is 0 Å². The molecule has 12 heavy (non-hydrogen) atoms. The summed E-state index contributed by atoms with van der Waals surface area (Å²) in [6.07, 6.45) is 0. The molecule has 0 radical (unpaired) electrons. The Morgan fingerprint density at radius 2 is 2.00 bits per heavy atom. The molecule has 0 aliphatic heterocycles. The van der Waals surface area contributed by atoms with Crippen LogP contribution in [0.4, 0.5) is 13.2 Å². The van der Waals surface area contributed by atoms with Gasteiger partial charge in [-0.05, 0) is 12.1 Å². The van der Waals surface area contributed by atoms with Crippen molar-refractivity contribution in [3.8, 4) is 5.75 Å². The van der Waals surface area contributed by atoms with Crippen LogP contribution in [0.2, 0.25) is 5.02 Å². The minimum Gasteiger partial charge on any atom is -0.435 e. The fraction of sp³-hybridized carbons (Fsp3) is 0.143. The lowest BCUT2D eigenvalue weighted by molar-refractivity contribution is -0.0498. The summed E-state index contributed by atoms with van der Waals surface area (Å²) in [5.41, 5.74) is 0. The van der Waals surface area contributed by atoms with E-state index in [0.29, 0.717) is 0 Å². The molecule has 0 unspecified atom stereocenters. The first-order valence-corrected chi connectivity index (χ1v) is 3.37. The molecule has 0 amide bonds. The van der Waals surface area contributed by atoms with Crippen molar-refractivity contribution in [3.63, 3.8) is 0 Å². The van der Waals surface area contributed by atoms with Crippen molar-refractivity contribution in [2.24, 2.45) is 0 Å². The van der Waals surface area contributed by atoms with E-state index in [1.165, 1.54) is 0 Å². The summed E-state index contributed by atoms with van der Waals surface area (Å²) in [6, 6.07) is 3.02. The van der Waals surface area contributed by atoms with E-state index >= 15 is 0 Å². The van der Waals surface area contributed by atoms with Crippen LogP contribution in [0.15, 0.2) is 18.2 Å². The molecule has 0 aliphatic carbocycles. The van der Waals surface area contributed by atoms with Crippen LogP contribution >= 0.6 is 11.6 Å². The molecule has 0 heterocycles. The average Bonchev–Trinajstić information content (AvgIpc) is 1.96. The topological polar surface area (TPSA) is 9.23 Å². The van der Waals surface area contributed by atoms with Crippen LogP contribution in [-0.2, 0) is 0 Å². The van der Waals surface area contributed by atoms with Crippen molar-refractivity contribution in [3.05, 3.63) is 29.0 Å². The molecule has 0 saturated heterocycles. The van der Waals surface area contributed by atoms with Gasteiger partial charge in [-0.3, -0.25) is 0 Å². The summed E-state index contributed by atoms with van der Waals surface area (Å²) >= 11 is 5.30. The number of hydrogen-bond donors (Lipinski definition) is 0. The Balaban J connectivity index is 2.82. The molecular formula is C7H4ClF3O. The largest absolute Gasteiger partial charge is 0.435 e. The first kappa shape index (κ1) is 9.19. The number of halogens is 4. The zero-order chi connectivity index (χ0) is 9.14. The molecule has 0 saturated carbocycles. The Hall–Kier alpha value is -0.900. The summed E-state index contributed by atoms with van der Waals surface area (Å²) in [5.74, 6) is -0.824. The van der Waals surface area contributed by atoms with Gasteiger partial charge in [0, 0.05) is 6.07 Å². The van der Waals surface area contributed by atoms with Crippen LogP contribution in [0.5, 0.6) is 5.75 Å². The minimum atomic E-state index is -2.92. The third-order valence-electron chi connectivity index (χ3n) is 1.12. The van der Waals surface area contributed by atoms with E-state index in [9.17, 15) is 13.2 Å². The first-order valence-electron chi connectivity index (χ1n) is 2.99. The van der Waals surface area contributed by atoms with E-state index in [1.807, 2.05) is 0 Å². The molecule has 5 heteroatoms. The van der Waals surface area contributed by atoms with Crippen molar-refractivity contribution < 1.29 is 17.9 Å². The van der Waals surface area contributed by atoms with Crippen molar-refractivity contribution in [2.75, 3.05) is 0 Å². The van der Waals surface area contributed by atoms with E-state index in [2.05, 4.69) is 4.74 Å². The zero-order valence-corrected chi connectivity index (χ0v) is 6.49. The van der Waals surface area contributed by atoms with Gasteiger partial charge in [-0.25, -0.2) is 4.39 Å². The Morgan fingerprint density at radius 3 is 2.50 bits per heavy atom. The monoisotopic (exact) mass is 196 g/mol. The summed E-state index contributed by atoms with van der Waals surface area (Å²) in [5, 5.41) is -0.242. The van der Waals surface area contributed by atoms with Crippen molar-refractivity contribution in [1.82, 2.24) is 0 Å². The molecule has 0 bridgehead atoms. The second-order valence-electron chi connectivity index (χ2n) is 1.95. The number of rotatable bonds is 2. The normalized spacial score (nSPS) is 10.4. The predicted molar refractivity (Wildman–Crippen MR) is 38.0 cm³/mol. The van der Waals surface area contributed by atoms with Gasteiger partial charge in [0.1, 0.15) is 11.6 Å². The van der Waals surface area contributed by atoms with Gasteiger partial charge in [-0.1, -0.05) is 11.6 Å². The molecular weight excluding hydrogens is 193 g/mol.